The molecule has 25 heavy (non-hydrogen) atoms. The Hall–Kier alpha value is -2.73. The van der Waals surface area contributed by atoms with Crippen LogP contribution in [-0.4, -0.2) is 24.3 Å². The second-order valence-corrected chi connectivity index (χ2v) is 6.46. The number of nitro groups is 1. The van der Waals surface area contributed by atoms with Crippen molar-refractivity contribution in [3.63, 3.8) is 0 Å². The second-order valence-electron chi connectivity index (χ2n) is 6.46. The molecule has 3 rings (SSSR count). The van der Waals surface area contributed by atoms with Crippen molar-refractivity contribution in [3.8, 4) is 0 Å². The number of quaternary nitrogens is 1. The average molecular weight is 340 g/mol. The van der Waals surface area contributed by atoms with Crippen molar-refractivity contribution in [2.24, 2.45) is 0 Å². The van der Waals surface area contributed by atoms with E-state index in [4.69, 9.17) is 0 Å². The number of aldehydes is 1. The number of nitro benzene ring substituents is 1. The number of carbonyl (C=O) groups is 1. The van der Waals surface area contributed by atoms with Crippen LogP contribution in [-0.2, 0) is 13.1 Å². The van der Waals surface area contributed by atoms with E-state index >= 15 is 0 Å². The van der Waals surface area contributed by atoms with E-state index in [0.29, 0.717) is 24.1 Å². The first-order chi connectivity index (χ1) is 12.2. The number of anilines is 1. The van der Waals surface area contributed by atoms with Crippen molar-refractivity contribution in [2.75, 3.05) is 18.4 Å². The first kappa shape index (κ1) is 17.1. The van der Waals surface area contributed by atoms with E-state index in [0.717, 1.165) is 12.1 Å². The van der Waals surface area contributed by atoms with Crippen molar-refractivity contribution in [1.82, 2.24) is 0 Å². The summed E-state index contributed by atoms with van der Waals surface area (Å²) in [6.07, 6.45) is 3.25. The number of benzene rings is 2. The van der Waals surface area contributed by atoms with E-state index in [1.807, 2.05) is 0 Å². The Labute approximate surface area is 146 Å². The van der Waals surface area contributed by atoms with Gasteiger partial charge in [-0.1, -0.05) is 24.3 Å². The van der Waals surface area contributed by atoms with Crippen LogP contribution in [0.15, 0.2) is 42.5 Å². The van der Waals surface area contributed by atoms with Gasteiger partial charge in [-0.2, -0.15) is 0 Å². The fraction of sp³-hybridized carbons (Fsp3) is 0.316. The van der Waals surface area contributed by atoms with Gasteiger partial charge in [0.2, 0.25) is 0 Å². The zero-order valence-corrected chi connectivity index (χ0v) is 14.0. The number of hydrogen-bond donors (Lipinski definition) is 2. The third kappa shape index (κ3) is 4.42. The number of likely N-dealkylation sites (tertiary alicyclic amines) is 1. The van der Waals surface area contributed by atoms with Crippen LogP contribution in [0.3, 0.4) is 0 Å². The number of carbonyl (C=O) groups excluding carboxylic acids is 1. The summed E-state index contributed by atoms with van der Waals surface area (Å²) in [5, 5.41) is 14.2. The Bertz CT molecular complexity index is 753. The molecule has 0 amide bonds. The zero-order valence-electron chi connectivity index (χ0n) is 14.0. The predicted octanol–water partition coefficient (Wildman–Crippen LogP) is 2.20. The number of hydrogen-bond acceptors (Lipinski definition) is 4. The number of nitrogens with one attached hydrogen (secondary N) is 2. The van der Waals surface area contributed by atoms with Crippen LogP contribution in [0.1, 0.15) is 34.3 Å². The molecule has 0 saturated carbocycles. The minimum Gasteiger partial charge on any atom is -0.375 e. The lowest BCUT2D eigenvalue weighted by atomic mass is 10.1. The van der Waals surface area contributed by atoms with Gasteiger partial charge in [0.05, 0.1) is 18.0 Å². The highest BCUT2D eigenvalue weighted by Crippen LogP contribution is 2.25. The van der Waals surface area contributed by atoms with Crippen molar-refractivity contribution < 1.29 is 14.6 Å². The molecule has 0 radical (unpaired) electrons. The Morgan fingerprint density at radius 2 is 1.76 bits per heavy atom. The van der Waals surface area contributed by atoms with E-state index in [2.05, 4.69) is 29.6 Å². The van der Waals surface area contributed by atoms with Crippen molar-refractivity contribution in [3.05, 3.63) is 69.3 Å². The van der Waals surface area contributed by atoms with E-state index in [1.165, 1.54) is 37.6 Å². The van der Waals surface area contributed by atoms with Crippen molar-refractivity contribution in [2.45, 2.75) is 25.9 Å². The van der Waals surface area contributed by atoms with Crippen LogP contribution in [0, 0.1) is 10.1 Å². The molecule has 0 aromatic heterocycles. The Balaban J connectivity index is 1.63. The van der Waals surface area contributed by atoms with Gasteiger partial charge in [-0.3, -0.25) is 14.9 Å². The molecule has 2 N–H and O–H groups in total. The van der Waals surface area contributed by atoms with Crippen molar-refractivity contribution in [1.29, 1.82) is 0 Å². The molecule has 1 fully saturated rings. The van der Waals surface area contributed by atoms with Crippen molar-refractivity contribution >= 4 is 17.7 Å². The van der Waals surface area contributed by atoms with Crippen LogP contribution in [0.4, 0.5) is 11.4 Å². The maximum Gasteiger partial charge on any atom is 0.293 e. The SMILES string of the molecule is O=Cc1ccc(NCc2ccc(C[NH+]3CCCC3)cc2)c([N+](=O)[O-])c1. The lowest BCUT2D eigenvalue weighted by Gasteiger charge is -2.12. The third-order valence-electron chi connectivity index (χ3n) is 4.63. The van der Waals surface area contributed by atoms with E-state index in [1.54, 1.807) is 17.0 Å². The monoisotopic (exact) mass is 340 g/mol. The highest BCUT2D eigenvalue weighted by molar-refractivity contribution is 5.79. The third-order valence-corrected chi connectivity index (χ3v) is 4.63. The summed E-state index contributed by atoms with van der Waals surface area (Å²) in [7, 11) is 0. The fourth-order valence-electron chi connectivity index (χ4n) is 3.24. The van der Waals surface area contributed by atoms with E-state index < -0.39 is 4.92 Å². The smallest absolute Gasteiger partial charge is 0.293 e. The molecular formula is C19H22N3O3+. The van der Waals surface area contributed by atoms with Gasteiger partial charge < -0.3 is 10.2 Å². The summed E-state index contributed by atoms with van der Waals surface area (Å²) >= 11 is 0. The molecule has 1 aliphatic heterocycles. The zero-order chi connectivity index (χ0) is 17.6. The maximum atomic E-state index is 11.2. The Kier molecular flexibility index (Phi) is 5.40. The maximum absolute atomic E-state index is 11.2. The second kappa shape index (κ2) is 7.90. The number of nitrogens with zero attached hydrogens (tertiary/aromatic N) is 1. The van der Waals surface area contributed by atoms with Gasteiger partial charge in [0.15, 0.2) is 0 Å². The molecule has 6 heteroatoms. The molecule has 0 unspecified atom stereocenters. The van der Waals surface area contributed by atoms with Crippen LogP contribution in [0.5, 0.6) is 0 Å². The average Bonchev–Trinajstić information content (AvgIpc) is 3.14. The summed E-state index contributed by atoms with van der Waals surface area (Å²) < 4.78 is 0. The summed E-state index contributed by atoms with van der Waals surface area (Å²) in [6, 6.07) is 12.8. The first-order valence-electron chi connectivity index (χ1n) is 8.54. The molecule has 0 atom stereocenters. The molecule has 2 aromatic rings. The van der Waals surface area contributed by atoms with Crippen LogP contribution in [0.2, 0.25) is 0 Å². The molecule has 130 valence electrons. The molecule has 1 heterocycles. The van der Waals surface area contributed by atoms with Gasteiger partial charge in [0.25, 0.3) is 5.69 Å². The molecule has 1 saturated heterocycles. The highest BCUT2D eigenvalue weighted by atomic mass is 16.6. The summed E-state index contributed by atoms with van der Waals surface area (Å²) in [6.45, 7) is 4.07. The molecule has 0 aliphatic carbocycles. The van der Waals surface area contributed by atoms with Gasteiger partial charge in [-0.05, 0) is 17.7 Å². The van der Waals surface area contributed by atoms with E-state index in [9.17, 15) is 14.9 Å². The molecule has 0 spiro atoms. The van der Waals surface area contributed by atoms with Gasteiger partial charge >= 0.3 is 0 Å². The van der Waals surface area contributed by atoms with E-state index in [-0.39, 0.29) is 5.69 Å². The van der Waals surface area contributed by atoms with Gasteiger partial charge in [0, 0.05) is 36.6 Å². The van der Waals surface area contributed by atoms with Crippen LogP contribution in [0.25, 0.3) is 0 Å². The van der Waals surface area contributed by atoms with Gasteiger partial charge in [-0.15, -0.1) is 0 Å². The standard InChI is InChI=1S/C19H21N3O3/c23-14-17-7-8-18(19(11-17)22(24)25)20-12-15-3-5-16(6-4-15)13-21-9-1-2-10-21/h3-8,11,14,20H,1-2,9-10,12-13H2/p+1. The topological polar surface area (TPSA) is 76.7 Å². The summed E-state index contributed by atoms with van der Waals surface area (Å²) in [4.78, 5) is 23.1. The van der Waals surface area contributed by atoms with Crippen LogP contribution < -0.4 is 10.2 Å². The lowest BCUT2D eigenvalue weighted by molar-refractivity contribution is -0.901. The highest BCUT2D eigenvalue weighted by Gasteiger charge is 2.16. The Morgan fingerprint density at radius 3 is 2.40 bits per heavy atom. The minimum atomic E-state index is -0.475. The lowest BCUT2D eigenvalue weighted by Crippen LogP contribution is -3.08. The Morgan fingerprint density at radius 1 is 1.08 bits per heavy atom. The molecule has 1 aliphatic rings. The van der Waals surface area contributed by atoms with Gasteiger partial charge in [-0.25, -0.2) is 0 Å². The summed E-state index contributed by atoms with van der Waals surface area (Å²) in [5.41, 5.74) is 3.02. The molecule has 6 nitrogen and oxygen atoms in total. The predicted molar refractivity (Wildman–Crippen MR) is 95.9 cm³/mol. The molecular weight excluding hydrogens is 318 g/mol. The molecule has 0 bridgehead atoms. The largest absolute Gasteiger partial charge is 0.375 e. The minimum absolute atomic E-state index is 0.0844. The number of rotatable bonds is 7. The molecule has 2 aromatic carbocycles. The van der Waals surface area contributed by atoms with Gasteiger partial charge in [0.1, 0.15) is 18.5 Å². The first-order valence-corrected chi connectivity index (χ1v) is 8.54. The quantitative estimate of drug-likeness (QED) is 0.460. The normalized spacial score (nSPS) is 14.4. The summed E-state index contributed by atoms with van der Waals surface area (Å²) in [5.74, 6) is 0. The fourth-order valence-corrected chi connectivity index (χ4v) is 3.24. The van der Waals surface area contributed by atoms with Crippen LogP contribution >= 0.6 is 0 Å².